The van der Waals surface area contributed by atoms with Crippen LogP contribution >= 0.6 is 22.9 Å². The molecule has 0 bridgehead atoms. The van der Waals surface area contributed by atoms with Crippen molar-refractivity contribution in [3.05, 3.63) is 95.8 Å². The maximum absolute atomic E-state index is 12.9. The van der Waals surface area contributed by atoms with Gasteiger partial charge < -0.3 is 15.4 Å². The van der Waals surface area contributed by atoms with E-state index < -0.39 is 29.2 Å². The van der Waals surface area contributed by atoms with Crippen molar-refractivity contribution in [1.82, 2.24) is 14.9 Å². The Morgan fingerprint density at radius 1 is 1.09 bits per heavy atom. The first-order valence-electron chi connectivity index (χ1n) is 9.39. The smallest absolute Gasteiger partial charge is 0.333 e. The van der Waals surface area contributed by atoms with Gasteiger partial charge in [0, 0.05) is 10.4 Å². The highest BCUT2D eigenvalue weighted by Gasteiger charge is 2.24. The van der Waals surface area contributed by atoms with E-state index in [0.717, 1.165) is 21.5 Å². The first kappa shape index (κ1) is 21.5. The number of aliphatic carboxylic acids is 1. The first-order valence-corrected chi connectivity index (χ1v) is 10.6. The predicted molar refractivity (Wildman–Crippen MR) is 122 cm³/mol. The van der Waals surface area contributed by atoms with E-state index in [1.165, 1.54) is 30.3 Å². The van der Waals surface area contributed by atoms with Crippen LogP contribution in [-0.4, -0.2) is 26.5 Å². The molecule has 10 heteroatoms. The molecule has 0 fully saturated rings. The Balaban J connectivity index is 1.65. The van der Waals surface area contributed by atoms with E-state index in [2.05, 4.69) is 10.3 Å². The number of fused-ring (bicyclic) bond motifs is 1. The molecule has 4 rings (SSSR count). The molecule has 0 saturated carbocycles. The third-order valence-corrected chi connectivity index (χ3v) is 6.14. The fourth-order valence-corrected chi connectivity index (χ4v) is 4.38. The average Bonchev–Trinajstić information content (AvgIpc) is 3.18. The number of carboxylic acids is 1. The van der Waals surface area contributed by atoms with Crippen molar-refractivity contribution in [2.24, 2.45) is 0 Å². The molecule has 2 aromatic carbocycles. The van der Waals surface area contributed by atoms with E-state index >= 15 is 0 Å². The molecule has 1 unspecified atom stereocenters. The summed E-state index contributed by atoms with van der Waals surface area (Å²) in [6.07, 6.45) is 0. The Bertz CT molecular complexity index is 1470. The quantitative estimate of drug-likeness (QED) is 0.414. The summed E-state index contributed by atoms with van der Waals surface area (Å²) < 4.78 is 1.39. The molecule has 1 atom stereocenters. The molecule has 32 heavy (non-hydrogen) atoms. The minimum atomic E-state index is -1.26. The summed E-state index contributed by atoms with van der Waals surface area (Å²) in [6, 6.07) is 12.7. The third kappa shape index (κ3) is 4.08. The number of aromatic amines is 1. The van der Waals surface area contributed by atoms with Crippen LogP contribution in [0.5, 0.6) is 0 Å². The molecule has 4 aromatic rings. The Hall–Kier alpha value is -3.69. The van der Waals surface area contributed by atoms with Gasteiger partial charge in [-0.05, 0) is 55.5 Å². The molecule has 3 N–H and O–H groups in total. The molecule has 0 saturated heterocycles. The van der Waals surface area contributed by atoms with Gasteiger partial charge in [-0.1, -0.05) is 23.2 Å². The number of thiophene rings is 1. The number of nitrogens with zero attached hydrogens (tertiary/aromatic N) is 1. The Morgan fingerprint density at radius 2 is 1.81 bits per heavy atom. The largest absolute Gasteiger partial charge is 0.479 e. The zero-order valence-electron chi connectivity index (χ0n) is 16.6. The third-order valence-electron chi connectivity index (χ3n) is 4.84. The molecule has 0 aliphatic rings. The highest BCUT2D eigenvalue weighted by molar-refractivity contribution is 7.16. The van der Waals surface area contributed by atoms with Gasteiger partial charge in [0.2, 0.25) is 0 Å². The molecule has 2 aromatic heterocycles. The number of hydrogen-bond donors (Lipinski definition) is 3. The number of carbonyl (C=O) groups excluding carboxylic acids is 1. The van der Waals surface area contributed by atoms with Crippen molar-refractivity contribution in [2.45, 2.75) is 13.0 Å². The number of carbonyl (C=O) groups is 2. The molecule has 0 aliphatic carbocycles. The average molecular weight is 470 g/mol. The second kappa shape index (κ2) is 8.45. The van der Waals surface area contributed by atoms with Gasteiger partial charge in [-0.15, -0.1) is 11.3 Å². The van der Waals surface area contributed by atoms with Crippen LogP contribution in [0.1, 0.15) is 26.8 Å². The summed E-state index contributed by atoms with van der Waals surface area (Å²) >= 11 is 6.93. The normalized spacial score (nSPS) is 11.9. The summed E-state index contributed by atoms with van der Waals surface area (Å²) in [4.78, 5) is 52.6. The molecule has 8 nitrogen and oxygen atoms in total. The van der Waals surface area contributed by atoms with Crippen LogP contribution in [0, 0.1) is 6.92 Å². The molecule has 0 radical (unpaired) electrons. The Kier molecular flexibility index (Phi) is 5.68. The standard InChI is InChI=1S/C22H16ClN3O5S/c1-11-2-7-15-14(10-11)20(28)26(22(31)24-15)13-5-3-12(4-6-13)19(27)25-18(21(29)30)16-8-9-17(23)32-16/h2-10,18H,1H3,(H,24,31)(H,25,27)(H,29,30). The number of carboxylic acid groups (broad SMARTS) is 1. The van der Waals surface area contributed by atoms with Crippen molar-refractivity contribution >= 4 is 45.7 Å². The van der Waals surface area contributed by atoms with Crippen LogP contribution in [0.2, 0.25) is 4.34 Å². The maximum Gasteiger partial charge on any atom is 0.333 e. The van der Waals surface area contributed by atoms with Gasteiger partial charge in [-0.2, -0.15) is 0 Å². The fourth-order valence-electron chi connectivity index (χ4n) is 3.28. The first-order chi connectivity index (χ1) is 15.2. The van der Waals surface area contributed by atoms with Crippen LogP contribution in [0.25, 0.3) is 16.6 Å². The Morgan fingerprint density at radius 3 is 2.44 bits per heavy atom. The second-order valence-corrected chi connectivity index (χ2v) is 8.80. The number of halogens is 1. The SMILES string of the molecule is Cc1ccc2[nH]c(=O)n(-c3ccc(C(=O)NC(C(=O)O)c4ccc(Cl)s4)cc3)c(=O)c2c1. The lowest BCUT2D eigenvalue weighted by atomic mass is 10.1. The van der Waals surface area contributed by atoms with Crippen molar-refractivity contribution in [1.29, 1.82) is 0 Å². The van der Waals surface area contributed by atoms with Gasteiger partial charge in [0.15, 0.2) is 6.04 Å². The van der Waals surface area contributed by atoms with E-state index in [9.17, 15) is 24.3 Å². The van der Waals surface area contributed by atoms with E-state index in [-0.39, 0.29) is 11.3 Å². The van der Waals surface area contributed by atoms with Crippen LogP contribution in [0.3, 0.4) is 0 Å². The maximum atomic E-state index is 12.9. The molecular weight excluding hydrogens is 454 g/mol. The number of rotatable bonds is 5. The highest BCUT2D eigenvalue weighted by Crippen LogP contribution is 2.27. The fraction of sp³-hybridized carbons (Fsp3) is 0.0909. The van der Waals surface area contributed by atoms with Gasteiger partial charge in [-0.3, -0.25) is 9.59 Å². The zero-order chi connectivity index (χ0) is 23.0. The highest BCUT2D eigenvalue weighted by atomic mass is 35.5. The molecule has 162 valence electrons. The van der Waals surface area contributed by atoms with Crippen LogP contribution in [-0.2, 0) is 4.79 Å². The van der Waals surface area contributed by atoms with Crippen molar-refractivity contribution in [2.75, 3.05) is 0 Å². The molecular formula is C22H16ClN3O5S. The number of aromatic nitrogens is 2. The van der Waals surface area contributed by atoms with Gasteiger partial charge in [0.1, 0.15) is 0 Å². The lowest BCUT2D eigenvalue weighted by molar-refractivity contribution is -0.139. The molecule has 2 heterocycles. The minimum absolute atomic E-state index is 0.170. The van der Waals surface area contributed by atoms with Crippen molar-refractivity contribution in [3.8, 4) is 5.69 Å². The van der Waals surface area contributed by atoms with E-state index in [0.29, 0.717) is 20.1 Å². The number of amides is 1. The molecule has 0 spiro atoms. The number of H-pyrrole nitrogens is 1. The van der Waals surface area contributed by atoms with E-state index in [1.54, 1.807) is 24.3 Å². The van der Waals surface area contributed by atoms with Crippen molar-refractivity contribution in [3.63, 3.8) is 0 Å². The second-order valence-electron chi connectivity index (χ2n) is 7.05. The van der Waals surface area contributed by atoms with Crippen LogP contribution < -0.4 is 16.6 Å². The van der Waals surface area contributed by atoms with Crippen molar-refractivity contribution < 1.29 is 14.7 Å². The van der Waals surface area contributed by atoms with E-state index in [4.69, 9.17) is 11.6 Å². The van der Waals surface area contributed by atoms with Gasteiger partial charge in [0.25, 0.3) is 11.5 Å². The lowest BCUT2D eigenvalue weighted by Crippen LogP contribution is -2.34. The summed E-state index contributed by atoms with van der Waals surface area (Å²) in [5, 5.41) is 12.3. The number of benzene rings is 2. The van der Waals surface area contributed by atoms with Crippen LogP contribution in [0.15, 0.2) is 64.2 Å². The number of hydrogen-bond acceptors (Lipinski definition) is 5. The number of nitrogens with one attached hydrogen (secondary N) is 2. The summed E-state index contributed by atoms with van der Waals surface area (Å²) in [6.45, 7) is 1.84. The summed E-state index contributed by atoms with van der Waals surface area (Å²) in [5.41, 5.74) is 0.667. The van der Waals surface area contributed by atoms with Gasteiger partial charge in [-0.25, -0.2) is 14.2 Å². The van der Waals surface area contributed by atoms with Gasteiger partial charge >= 0.3 is 11.7 Å². The molecule has 0 aliphatic heterocycles. The van der Waals surface area contributed by atoms with Crippen LogP contribution in [0.4, 0.5) is 0 Å². The summed E-state index contributed by atoms with van der Waals surface area (Å²) in [5.74, 6) is -1.85. The topological polar surface area (TPSA) is 121 Å². The van der Waals surface area contributed by atoms with Gasteiger partial charge in [0.05, 0.1) is 20.9 Å². The zero-order valence-corrected chi connectivity index (χ0v) is 18.2. The number of aryl methyl sites for hydroxylation is 1. The molecule has 1 amide bonds. The Labute approximate surface area is 189 Å². The predicted octanol–water partition coefficient (Wildman–Crippen LogP) is 3.26. The summed E-state index contributed by atoms with van der Waals surface area (Å²) in [7, 11) is 0. The minimum Gasteiger partial charge on any atom is -0.479 e. The lowest BCUT2D eigenvalue weighted by Gasteiger charge is -2.13. The van der Waals surface area contributed by atoms with E-state index in [1.807, 2.05) is 6.92 Å². The monoisotopic (exact) mass is 469 g/mol.